The first-order valence-corrected chi connectivity index (χ1v) is 5.47. The van der Waals surface area contributed by atoms with E-state index in [1.54, 1.807) is 0 Å². The molecule has 7 nitrogen and oxygen atoms in total. The Kier molecular flexibility index (Phi) is 5.01. The fraction of sp³-hybridized carbons (Fsp3) is 0.250. The van der Waals surface area contributed by atoms with Gasteiger partial charge in [0, 0.05) is 7.05 Å². The fourth-order valence-corrected chi connectivity index (χ4v) is 1.29. The second-order valence-corrected chi connectivity index (χ2v) is 3.86. The number of likely N-dealkylation sites (N-methyl/N-ethyl adjacent to an activating group) is 1. The van der Waals surface area contributed by atoms with Crippen molar-refractivity contribution in [3.05, 3.63) is 29.6 Å². The quantitative estimate of drug-likeness (QED) is 0.809. The van der Waals surface area contributed by atoms with Crippen molar-refractivity contribution < 1.29 is 28.6 Å². The van der Waals surface area contributed by atoms with Crippen LogP contribution < -0.4 is 5.32 Å². The molecular weight excluding hydrogens is 271 g/mol. The molecule has 1 aromatic carbocycles. The van der Waals surface area contributed by atoms with Crippen molar-refractivity contribution >= 4 is 23.7 Å². The standard InChI is InChI=1S/C12H13FN2O5/c1-15(6-10(16)20-2)12(19)14-9-4-3-7(11(17)18)5-8(9)13/h3-5H,6H2,1-2H3,(H,14,19)(H,17,18). The minimum Gasteiger partial charge on any atom is -0.478 e. The average molecular weight is 284 g/mol. The number of anilines is 1. The summed E-state index contributed by atoms with van der Waals surface area (Å²) in [6.45, 7) is -0.294. The number of urea groups is 1. The molecule has 0 aromatic heterocycles. The van der Waals surface area contributed by atoms with Crippen LogP contribution in [0.15, 0.2) is 18.2 Å². The molecule has 0 aliphatic heterocycles. The zero-order valence-corrected chi connectivity index (χ0v) is 10.8. The molecular formula is C12H13FN2O5. The maximum atomic E-state index is 13.6. The number of carboxylic acids is 1. The molecule has 0 saturated heterocycles. The number of aromatic carboxylic acids is 1. The van der Waals surface area contributed by atoms with E-state index in [-0.39, 0.29) is 17.8 Å². The summed E-state index contributed by atoms with van der Waals surface area (Å²) in [6.07, 6.45) is 0. The number of nitrogens with one attached hydrogen (secondary N) is 1. The van der Waals surface area contributed by atoms with Crippen LogP contribution in [0.1, 0.15) is 10.4 Å². The van der Waals surface area contributed by atoms with Crippen LogP contribution in [0.2, 0.25) is 0 Å². The van der Waals surface area contributed by atoms with E-state index in [0.717, 1.165) is 23.1 Å². The minimum absolute atomic E-state index is 0.184. The van der Waals surface area contributed by atoms with E-state index in [4.69, 9.17) is 5.11 Å². The van der Waals surface area contributed by atoms with E-state index in [2.05, 4.69) is 10.1 Å². The summed E-state index contributed by atoms with van der Waals surface area (Å²) >= 11 is 0. The highest BCUT2D eigenvalue weighted by Crippen LogP contribution is 2.16. The first-order valence-electron chi connectivity index (χ1n) is 5.47. The number of rotatable bonds is 4. The maximum Gasteiger partial charge on any atom is 0.335 e. The van der Waals surface area contributed by atoms with Gasteiger partial charge in [-0.1, -0.05) is 0 Å². The molecule has 0 spiro atoms. The number of esters is 1. The van der Waals surface area contributed by atoms with Gasteiger partial charge < -0.3 is 20.1 Å². The van der Waals surface area contributed by atoms with Crippen molar-refractivity contribution in [2.75, 3.05) is 26.0 Å². The summed E-state index contributed by atoms with van der Waals surface area (Å²) in [5.74, 6) is -2.78. The predicted octanol–water partition coefficient (Wildman–Crippen LogP) is 1.16. The van der Waals surface area contributed by atoms with Gasteiger partial charge in [0.2, 0.25) is 0 Å². The first-order chi connectivity index (χ1) is 9.35. The number of carbonyl (C=O) groups is 3. The largest absolute Gasteiger partial charge is 0.478 e. The fourth-order valence-electron chi connectivity index (χ4n) is 1.29. The lowest BCUT2D eigenvalue weighted by atomic mass is 10.2. The third-order valence-corrected chi connectivity index (χ3v) is 2.40. The number of carboxylic acid groups (broad SMARTS) is 1. The Bertz CT molecular complexity index is 547. The summed E-state index contributed by atoms with van der Waals surface area (Å²) in [5.41, 5.74) is -0.417. The van der Waals surface area contributed by atoms with E-state index in [1.807, 2.05) is 0 Å². The van der Waals surface area contributed by atoms with E-state index in [9.17, 15) is 18.8 Å². The number of halogens is 1. The van der Waals surface area contributed by atoms with Crippen LogP contribution in [0.4, 0.5) is 14.9 Å². The van der Waals surface area contributed by atoms with Crippen molar-refractivity contribution in [2.45, 2.75) is 0 Å². The summed E-state index contributed by atoms with van der Waals surface area (Å²) in [6, 6.07) is 2.35. The number of hydrogen-bond donors (Lipinski definition) is 2. The molecule has 0 unspecified atom stereocenters. The molecule has 2 amide bonds. The van der Waals surface area contributed by atoms with Gasteiger partial charge in [-0.3, -0.25) is 4.79 Å². The van der Waals surface area contributed by atoms with Crippen LogP contribution in [0.3, 0.4) is 0 Å². The lowest BCUT2D eigenvalue weighted by Gasteiger charge is -2.16. The summed E-state index contributed by atoms with van der Waals surface area (Å²) in [7, 11) is 2.51. The van der Waals surface area contributed by atoms with E-state index in [1.165, 1.54) is 14.2 Å². The number of methoxy groups -OCH3 is 1. The molecule has 0 radical (unpaired) electrons. The highest BCUT2D eigenvalue weighted by atomic mass is 19.1. The molecule has 0 heterocycles. The Hall–Kier alpha value is -2.64. The van der Waals surface area contributed by atoms with Crippen LogP contribution in [-0.2, 0) is 9.53 Å². The van der Waals surface area contributed by atoms with Crippen molar-refractivity contribution in [1.29, 1.82) is 0 Å². The average Bonchev–Trinajstić information content (AvgIpc) is 2.40. The van der Waals surface area contributed by atoms with Crippen molar-refractivity contribution in [3.8, 4) is 0 Å². The Morgan fingerprint density at radius 2 is 2.05 bits per heavy atom. The molecule has 0 aliphatic carbocycles. The van der Waals surface area contributed by atoms with Crippen LogP contribution >= 0.6 is 0 Å². The van der Waals surface area contributed by atoms with Crippen molar-refractivity contribution in [2.24, 2.45) is 0 Å². The number of benzene rings is 1. The predicted molar refractivity (Wildman–Crippen MR) is 67.0 cm³/mol. The summed E-state index contributed by atoms with van der Waals surface area (Å²) in [4.78, 5) is 34.3. The first kappa shape index (κ1) is 15.4. The van der Waals surface area contributed by atoms with Crippen LogP contribution in [-0.4, -0.2) is 48.7 Å². The lowest BCUT2D eigenvalue weighted by Crippen LogP contribution is -2.36. The third kappa shape index (κ3) is 3.94. The molecule has 1 rings (SSSR count). The second-order valence-electron chi connectivity index (χ2n) is 3.86. The molecule has 0 fully saturated rings. The van der Waals surface area contributed by atoms with Gasteiger partial charge in [-0.15, -0.1) is 0 Å². The Morgan fingerprint density at radius 1 is 1.40 bits per heavy atom. The summed E-state index contributed by atoms with van der Waals surface area (Å²) in [5, 5.41) is 10.9. The van der Waals surface area contributed by atoms with Crippen molar-refractivity contribution in [1.82, 2.24) is 4.90 Å². The van der Waals surface area contributed by atoms with Gasteiger partial charge in [0.1, 0.15) is 12.4 Å². The van der Waals surface area contributed by atoms with Gasteiger partial charge in [-0.25, -0.2) is 14.0 Å². The van der Waals surface area contributed by atoms with Crippen LogP contribution in [0, 0.1) is 5.82 Å². The zero-order chi connectivity index (χ0) is 15.3. The van der Waals surface area contributed by atoms with Gasteiger partial charge in [-0.2, -0.15) is 0 Å². The molecule has 20 heavy (non-hydrogen) atoms. The number of hydrogen-bond acceptors (Lipinski definition) is 4. The van der Waals surface area contributed by atoms with Gasteiger partial charge in [0.05, 0.1) is 18.4 Å². The number of nitrogens with zero attached hydrogens (tertiary/aromatic N) is 1. The molecule has 0 aliphatic rings. The molecule has 2 N–H and O–H groups in total. The SMILES string of the molecule is COC(=O)CN(C)C(=O)Nc1ccc(C(=O)O)cc1F. The smallest absolute Gasteiger partial charge is 0.335 e. The topological polar surface area (TPSA) is 95.9 Å². The number of ether oxygens (including phenoxy) is 1. The normalized spacial score (nSPS) is 9.75. The zero-order valence-electron chi connectivity index (χ0n) is 10.8. The highest BCUT2D eigenvalue weighted by Gasteiger charge is 2.15. The molecule has 0 atom stereocenters. The van der Waals surface area contributed by atoms with E-state index >= 15 is 0 Å². The lowest BCUT2D eigenvalue weighted by molar-refractivity contribution is -0.140. The van der Waals surface area contributed by atoms with Gasteiger partial charge in [0.15, 0.2) is 0 Å². The van der Waals surface area contributed by atoms with Gasteiger partial charge in [-0.05, 0) is 18.2 Å². The monoisotopic (exact) mass is 284 g/mol. The number of carbonyl (C=O) groups excluding carboxylic acids is 2. The van der Waals surface area contributed by atoms with E-state index < -0.39 is 23.8 Å². The van der Waals surface area contributed by atoms with Crippen LogP contribution in [0.5, 0.6) is 0 Å². The minimum atomic E-state index is -1.27. The Labute approximate surface area is 113 Å². The van der Waals surface area contributed by atoms with Gasteiger partial charge in [0.25, 0.3) is 0 Å². The molecule has 0 saturated carbocycles. The summed E-state index contributed by atoms with van der Waals surface area (Å²) < 4.78 is 18.0. The van der Waals surface area contributed by atoms with Gasteiger partial charge >= 0.3 is 18.0 Å². The Morgan fingerprint density at radius 3 is 2.55 bits per heavy atom. The molecule has 0 bridgehead atoms. The van der Waals surface area contributed by atoms with E-state index in [0.29, 0.717) is 0 Å². The maximum absolute atomic E-state index is 13.6. The number of amides is 2. The molecule has 8 heteroatoms. The third-order valence-electron chi connectivity index (χ3n) is 2.40. The molecule has 1 aromatic rings. The van der Waals surface area contributed by atoms with Crippen LogP contribution in [0.25, 0.3) is 0 Å². The molecule has 108 valence electrons. The van der Waals surface area contributed by atoms with Crippen molar-refractivity contribution in [3.63, 3.8) is 0 Å². The Balaban J connectivity index is 2.75. The highest BCUT2D eigenvalue weighted by molar-refractivity contribution is 5.93. The second kappa shape index (κ2) is 6.50.